The number of nitrogens with one attached hydrogen (secondary N) is 3. The number of carbonyl (C=O) groups is 2. The van der Waals surface area contributed by atoms with Gasteiger partial charge >= 0.3 is 12.2 Å². The van der Waals surface area contributed by atoms with Crippen LogP contribution < -0.4 is 16.0 Å². The summed E-state index contributed by atoms with van der Waals surface area (Å²) in [6.07, 6.45) is -4.68. The lowest BCUT2D eigenvalue weighted by Gasteiger charge is -2.16. The fraction of sp³-hybridized carbons (Fsp3) is 0.0455. The van der Waals surface area contributed by atoms with Crippen molar-refractivity contribution in [1.29, 1.82) is 5.26 Å². The maximum atomic E-state index is 13.2. The van der Waals surface area contributed by atoms with E-state index >= 15 is 0 Å². The molecule has 0 bridgehead atoms. The molecule has 0 unspecified atom stereocenters. The van der Waals surface area contributed by atoms with E-state index in [9.17, 15) is 22.8 Å². The lowest BCUT2D eigenvalue weighted by molar-refractivity contribution is -0.137. The first kappa shape index (κ1) is 23.9. The lowest BCUT2D eigenvalue weighted by Crippen LogP contribution is -2.22. The van der Waals surface area contributed by atoms with Crippen molar-refractivity contribution in [3.8, 4) is 6.07 Å². The van der Waals surface area contributed by atoms with Crippen LogP contribution in [0.2, 0.25) is 10.0 Å². The lowest BCUT2D eigenvalue weighted by atomic mass is 10.1. The van der Waals surface area contributed by atoms with Gasteiger partial charge < -0.3 is 16.0 Å². The Morgan fingerprint density at radius 1 is 0.848 bits per heavy atom. The molecule has 0 saturated carbocycles. The van der Waals surface area contributed by atoms with E-state index in [0.29, 0.717) is 11.6 Å². The molecule has 0 atom stereocenters. The number of hydrogen-bond donors (Lipinski definition) is 3. The molecular formula is C22H13Cl2F3N4O2. The molecule has 3 N–H and O–H groups in total. The van der Waals surface area contributed by atoms with Crippen LogP contribution in [0.25, 0.3) is 0 Å². The molecular weight excluding hydrogens is 480 g/mol. The Labute approximate surface area is 195 Å². The van der Waals surface area contributed by atoms with Gasteiger partial charge in [-0.25, -0.2) is 4.79 Å². The van der Waals surface area contributed by atoms with Crippen LogP contribution in [0, 0.1) is 11.3 Å². The predicted octanol–water partition coefficient (Wildman–Crippen LogP) is 6.78. The molecule has 3 rings (SSSR count). The fourth-order valence-corrected chi connectivity index (χ4v) is 3.29. The van der Waals surface area contributed by atoms with Gasteiger partial charge in [-0.2, -0.15) is 18.4 Å². The number of hydrogen-bond acceptors (Lipinski definition) is 3. The van der Waals surface area contributed by atoms with Crippen LogP contribution in [0.3, 0.4) is 0 Å². The number of anilines is 3. The molecule has 33 heavy (non-hydrogen) atoms. The molecule has 0 spiro atoms. The molecule has 0 saturated heterocycles. The van der Waals surface area contributed by atoms with E-state index in [0.717, 1.165) is 12.1 Å². The van der Waals surface area contributed by atoms with Crippen molar-refractivity contribution in [2.45, 2.75) is 6.18 Å². The van der Waals surface area contributed by atoms with Gasteiger partial charge in [-0.1, -0.05) is 29.3 Å². The fourth-order valence-electron chi connectivity index (χ4n) is 2.76. The van der Waals surface area contributed by atoms with Crippen LogP contribution in [0.4, 0.5) is 35.0 Å². The van der Waals surface area contributed by atoms with E-state index in [1.807, 2.05) is 6.07 Å². The van der Waals surface area contributed by atoms with Crippen molar-refractivity contribution < 1.29 is 22.8 Å². The van der Waals surface area contributed by atoms with Gasteiger partial charge in [0.2, 0.25) is 0 Å². The smallest absolute Gasteiger partial charge is 0.320 e. The van der Waals surface area contributed by atoms with E-state index in [2.05, 4.69) is 16.0 Å². The van der Waals surface area contributed by atoms with E-state index < -0.39 is 23.7 Å². The molecule has 6 nitrogen and oxygen atoms in total. The quantitative estimate of drug-likeness (QED) is 0.374. The number of benzene rings is 3. The van der Waals surface area contributed by atoms with Crippen LogP contribution in [0.5, 0.6) is 0 Å². The normalized spacial score (nSPS) is 10.8. The topological polar surface area (TPSA) is 94.0 Å². The second-order valence-electron chi connectivity index (χ2n) is 6.64. The maximum absolute atomic E-state index is 13.2. The van der Waals surface area contributed by atoms with E-state index in [-0.39, 0.29) is 32.7 Å². The Morgan fingerprint density at radius 3 is 2.18 bits per heavy atom. The Hall–Kier alpha value is -3.74. The molecule has 0 aliphatic heterocycles. The largest absolute Gasteiger partial charge is 0.416 e. The third-order valence-corrected chi connectivity index (χ3v) is 4.65. The van der Waals surface area contributed by atoms with Gasteiger partial charge in [-0.3, -0.25) is 4.79 Å². The SMILES string of the molecule is N#Cc1cccc(NC(=O)Nc2ccc(C(F)(F)F)cc2NC(=O)c2cc(Cl)cc(Cl)c2)c1. The Balaban J connectivity index is 1.88. The van der Waals surface area contributed by atoms with E-state index in [1.165, 1.54) is 36.4 Å². The van der Waals surface area contributed by atoms with Gasteiger partial charge in [0.1, 0.15) is 0 Å². The van der Waals surface area contributed by atoms with Crippen molar-refractivity contribution in [3.63, 3.8) is 0 Å². The van der Waals surface area contributed by atoms with Crippen LogP contribution in [0.15, 0.2) is 60.7 Å². The molecule has 11 heteroatoms. The van der Waals surface area contributed by atoms with Crippen LogP contribution in [-0.2, 0) is 6.18 Å². The molecule has 0 aliphatic rings. The summed E-state index contributed by atoms with van der Waals surface area (Å²) in [4.78, 5) is 25.0. The Morgan fingerprint density at radius 2 is 1.55 bits per heavy atom. The first-order valence-corrected chi connectivity index (χ1v) is 9.87. The molecule has 0 aromatic heterocycles. The van der Waals surface area contributed by atoms with Crippen LogP contribution in [0.1, 0.15) is 21.5 Å². The maximum Gasteiger partial charge on any atom is 0.416 e. The highest BCUT2D eigenvalue weighted by molar-refractivity contribution is 6.35. The summed E-state index contributed by atoms with van der Waals surface area (Å²) >= 11 is 11.8. The number of urea groups is 1. The van der Waals surface area contributed by atoms with Crippen LogP contribution in [-0.4, -0.2) is 11.9 Å². The molecule has 0 heterocycles. The third-order valence-electron chi connectivity index (χ3n) is 4.22. The number of nitriles is 1. The minimum atomic E-state index is -4.68. The van der Waals surface area contributed by atoms with E-state index in [4.69, 9.17) is 28.5 Å². The average molecular weight is 493 g/mol. The van der Waals surface area contributed by atoms with Gasteiger partial charge in [0, 0.05) is 21.3 Å². The second kappa shape index (κ2) is 9.81. The summed E-state index contributed by atoms with van der Waals surface area (Å²) in [5.41, 5.74) is -0.832. The first-order valence-electron chi connectivity index (χ1n) is 9.12. The zero-order chi connectivity index (χ0) is 24.2. The van der Waals surface area contributed by atoms with Crippen LogP contribution >= 0.6 is 23.2 Å². The summed E-state index contributed by atoms with van der Waals surface area (Å²) in [5, 5.41) is 16.5. The zero-order valence-electron chi connectivity index (χ0n) is 16.4. The second-order valence-corrected chi connectivity index (χ2v) is 7.51. The van der Waals surface area contributed by atoms with Crippen molar-refractivity contribution in [1.82, 2.24) is 0 Å². The molecule has 0 radical (unpaired) electrons. The minimum absolute atomic E-state index is 0.00799. The van der Waals surface area contributed by atoms with Gasteiger partial charge in [-0.15, -0.1) is 0 Å². The van der Waals surface area contributed by atoms with Crippen molar-refractivity contribution in [2.24, 2.45) is 0 Å². The predicted molar refractivity (Wildman–Crippen MR) is 120 cm³/mol. The zero-order valence-corrected chi connectivity index (χ0v) is 17.9. The number of halogens is 5. The van der Waals surface area contributed by atoms with Crippen molar-refractivity contribution in [3.05, 3.63) is 87.4 Å². The third kappa shape index (κ3) is 6.38. The molecule has 168 valence electrons. The molecule has 3 aromatic carbocycles. The summed E-state index contributed by atoms with van der Waals surface area (Å²) in [5.74, 6) is -0.788. The number of rotatable bonds is 4. The van der Waals surface area contributed by atoms with Gasteiger partial charge in [0.15, 0.2) is 0 Å². The average Bonchev–Trinajstić information content (AvgIpc) is 2.73. The van der Waals surface area contributed by atoms with E-state index in [1.54, 1.807) is 6.07 Å². The Bertz CT molecular complexity index is 1250. The summed E-state index contributed by atoms with van der Waals surface area (Å²) < 4.78 is 39.6. The minimum Gasteiger partial charge on any atom is -0.320 e. The standard InChI is InChI=1S/C22H13Cl2F3N4O2/c23-15-7-13(8-16(24)10-15)20(32)30-19-9-14(22(25,26)27)4-5-18(19)31-21(33)29-17-3-1-2-12(6-17)11-28/h1-10H,(H,30,32)(H2,29,31,33). The molecule has 3 amide bonds. The summed E-state index contributed by atoms with van der Waals surface area (Å²) in [6, 6.07) is 13.6. The number of alkyl halides is 3. The monoisotopic (exact) mass is 492 g/mol. The van der Waals surface area contributed by atoms with Crippen molar-refractivity contribution in [2.75, 3.05) is 16.0 Å². The highest BCUT2D eigenvalue weighted by atomic mass is 35.5. The number of amides is 3. The molecule has 0 aliphatic carbocycles. The Kier molecular flexibility index (Phi) is 7.11. The number of nitrogens with zero attached hydrogens (tertiary/aromatic N) is 1. The van der Waals surface area contributed by atoms with Crippen molar-refractivity contribution >= 4 is 52.2 Å². The van der Waals surface area contributed by atoms with Gasteiger partial charge in [-0.05, 0) is 54.6 Å². The summed E-state index contributed by atoms with van der Waals surface area (Å²) in [7, 11) is 0. The first-order chi connectivity index (χ1) is 15.5. The molecule has 3 aromatic rings. The highest BCUT2D eigenvalue weighted by Gasteiger charge is 2.31. The summed E-state index contributed by atoms with van der Waals surface area (Å²) in [6.45, 7) is 0. The van der Waals surface area contributed by atoms with Gasteiger partial charge in [0.05, 0.1) is 28.6 Å². The number of carbonyl (C=O) groups excluding carboxylic acids is 2. The highest BCUT2D eigenvalue weighted by Crippen LogP contribution is 2.34. The molecule has 0 fully saturated rings. The van der Waals surface area contributed by atoms with Gasteiger partial charge in [0.25, 0.3) is 5.91 Å².